The van der Waals surface area contributed by atoms with Gasteiger partial charge in [0.05, 0.1) is 11.6 Å². The molecular formula is C16H26N2O. The van der Waals surface area contributed by atoms with Gasteiger partial charge in [-0.3, -0.25) is 4.79 Å². The summed E-state index contributed by atoms with van der Waals surface area (Å²) in [5, 5.41) is 2.93. The van der Waals surface area contributed by atoms with E-state index >= 15 is 0 Å². The minimum Gasteiger partial charge on any atom is -0.348 e. The maximum Gasteiger partial charge on any atom is 0.239 e. The largest absolute Gasteiger partial charge is 0.348 e. The normalized spacial score (nSPS) is 13.1. The SMILES string of the molecule is CCCCc1ccc(C(C)NC(=O)C(C)(C)N)cc1. The van der Waals surface area contributed by atoms with Crippen molar-refractivity contribution >= 4 is 5.91 Å². The zero-order valence-corrected chi connectivity index (χ0v) is 12.5. The summed E-state index contributed by atoms with van der Waals surface area (Å²) in [6, 6.07) is 8.43. The number of aryl methyl sites for hydroxylation is 1. The molecule has 1 atom stereocenters. The highest BCUT2D eigenvalue weighted by molar-refractivity contribution is 5.85. The molecular weight excluding hydrogens is 236 g/mol. The second-order valence-corrected chi connectivity index (χ2v) is 5.76. The standard InChI is InChI=1S/C16H26N2O/c1-5-6-7-13-8-10-14(11-9-13)12(2)18-15(19)16(3,4)17/h8-12H,5-7,17H2,1-4H3,(H,18,19). The fraction of sp³-hybridized carbons (Fsp3) is 0.562. The highest BCUT2D eigenvalue weighted by atomic mass is 16.2. The summed E-state index contributed by atoms with van der Waals surface area (Å²) in [4.78, 5) is 11.8. The Labute approximate surface area is 116 Å². The summed E-state index contributed by atoms with van der Waals surface area (Å²) in [5.74, 6) is -0.130. The Kier molecular flexibility index (Phi) is 5.55. The molecule has 0 aromatic heterocycles. The van der Waals surface area contributed by atoms with Crippen LogP contribution in [0, 0.1) is 0 Å². The Morgan fingerprint density at radius 1 is 1.32 bits per heavy atom. The van der Waals surface area contributed by atoms with E-state index in [4.69, 9.17) is 5.73 Å². The van der Waals surface area contributed by atoms with Crippen LogP contribution in [-0.2, 0) is 11.2 Å². The van der Waals surface area contributed by atoms with Gasteiger partial charge in [0, 0.05) is 0 Å². The molecule has 106 valence electrons. The molecule has 0 aliphatic carbocycles. The van der Waals surface area contributed by atoms with E-state index in [-0.39, 0.29) is 11.9 Å². The lowest BCUT2D eigenvalue weighted by Crippen LogP contribution is -2.49. The minimum atomic E-state index is -0.838. The van der Waals surface area contributed by atoms with Crippen molar-refractivity contribution in [3.8, 4) is 0 Å². The van der Waals surface area contributed by atoms with Gasteiger partial charge in [0.25, 0.3) is 0 Å². The summed E-state index contributed by atoms with van der Waals surface area (Å²) in [6.07, 6.45) is 3.54. The first-order valence-electron chi connectivity index (χ1n) is 7.03. The van der Waals surface area contributed by atoms with E-state index in [0.717, 1.165) is 12.0 Å². The topological polar surface area (TPSA) is 55.1 Å². The molecule has 0 fully saturated rings. The predicted molar refractivity (Wildman–Crippen MR) is 79.9 cm³/mol. The Hall–Kier alpha value is -1.35. The maximum absolute atomic E-state index is 11.8. The molecule has 0 saturated heterocycles. The molecule has 1 rings (SSSR count). The van der Waals surface area contributed by atoms with E-state index in [0.29, 0.717) is 0 Å². The van der Waals surface area contributed by atoms with Gasteiger partial charge in [-0.1, -0.05) is 37.6 Å². The lowest BCUT2D eigenvalue weighted by Gasteiger charge is -2.22. The van der Waals surface area contributed by atoms with Crippen molar-refractivity contribution in [3.05, 3.63) is 35.4 Å². The van der Waals surface area contributed by atoms with Crippen molar-refractivity contribution in [3.63, 3.8) is 0 Å². The fourth-order valence-electron chi connectivity index (χ4n) is 1.82. The monoisotopic (exact) mass is 262 g/mol. The van der Waals surface area contributed by atoms with Crippen molar-refractivity contribution in [2.24, 2.45) is 5.73 Å². The number of unbranched alkanes of at least 4 members (excludes halogenated alkanes) is 1. The molecule has 0 bridgehead atoms. The first kappa shape index (κ1) is 15.7. The van der Waals surface area contributed by atoms with Gasteiger partial charge in [0.1, 0.15) is 0 Å². The number of amides is 1. The van der Waals surface area contributed by atoms with Crippen LogP contribution in [0.25, 0.3) is 0 Å². The number of nitrogens with one attached hydrogen (secondary N) is 1. The van der Waals surface area contributed by atoms with E-state index in [1.165, 1.54) is 18.4 Å². The van der Waals surface area contributed by atoms with Gasteiger partial charge in [-0.2, -0.15) is 0 Å². The Balaban J connectivity index is 2.62. The molecule has 19 heavy (non-hydrogen) atoms. The van der Waals surface area contributed by atoms with Crippen LogP contribution in [-0.4, -0.2) is 11.4 Å². The van der Waals surface area contributed by atoms with E-state index in [9.17, 15) is 4.79 Å². The Morgan fingerprint density at radius 2 is 1.89 bits per heavy atom. The van der Waals surface area contributed by atoms with Crippen LogP contribution in [0.15, 0.2) is 24.3 Å². The van der Waals surface area contributed by atoms with E-state index in [1.807, 2.05) is 6.92 Å². The minimum absolute atomic E-state index is 0.0180. The van der Waals surface area contributed by atoms with Crippen molar-refractivity contribution in [2.45, 2.75) is 58.5 Å². The van der Waals surface area contributed by atoms with Gasteiger partial charge in [-0.15, -0.1) is 0 Å². The van der Waals surface area contributed by atoms with Crippen LogP contribution >= 0.6 is 0 Å². The third kappa shape index (κ3) is 5.03. The van der Waals surface area contributed by atoms with Crippen LogP contribution in [0.3, 0.4) is 0 Å². The first-order chi connectivity index (χ1) is 8.84. The molecule has 1 aromatic rings. The predicted octanol–water partition coefficient (Wildman–Crippen LogP) is 2.94. The quantitative estimate of drug-likeness (QED) is 0.828. The summed E-state index contributed by atoms with van der Waals surface area (Å²) in [5.41, 5.74) is 7.39. The zero-order chi connectivity index (χ0) is 14.5. The molecule has 0 heterocycles. The van der Waals surface area contributed by atoms with E-state index in [1.54, 1.807) is 13.8 Å². The number of hydrogen-bond acceptors (Lipinski definition) is 2. The smallest absolute Gasteiger partial charge is 0.239 e. The van der Waals surface area contributed by atoms with Crippen LogP contribution in [0.2, 0.25) is 0 Å². The molecule has 1 aromatic carbocycles. The van der Waals surface area contributed by atoms with Gasteiger partial charge >= 0.3 is 0 Å². The average molecular weight is 262 g/mol. The number of nitrogens with two attached hydrogens (primary N) is 1. The zero-order valence-electron chi connectivity index (χ0n) is 12.5. The second-order valence-electron chi connectivity index (χ2n) is 5.76. The van der Waals surface area contributed by atoms with Gasteiger partial charge < -0.3 is 11.1 Å². The summed E-state index contributed by atoms with van der Waals surface area (Å²) in [6.45, 7) is 7.59. The number of carbonyl (C=O) groups excluding carboxylic acids is 1. The van der Waals surface area contributed by atoms with Crippen molar-refractivity contribution in [2.75, 3.05) is 0 Å². The fourth-order valence-corrected chi connectivity index (χ4v) is 1.82. The molecule has 1 amide bonds. The lowest BCUT2D eigenvalue weighted by molar-refractivity contribution is -0.125. The van der Waals surface area contributed by atoms with Crippen LogP contribution in [0.4, 0.5) is 0 Å². The molecule has 0 aliphatic heterocycles. The third-order valence-electron chi connectivity index (χ3n) is 3.23. The highest BCUT2D eigenvalue weighted by Gasteiger charge is 2.23. The Bertz CT molecular complexity index is 404. The van der Waals surface area contributed by atoms with Gasteiger partial charge in [-0.25, -0.2) is 0 Å². The maximum atomic E-state index is 11.8. The van der Waals surface area contributed by atoms with Crippen molar-refractivity contribution in [1.82, 2.24) is 5.32 Å². The summed E-state index contributed by atoms with van der Waals surface area (Å²) < 4.78 is 0. The lowest BCUT2D eigenvalue weighted by atomic mass is 10.0. The van der Waals surface area contributed by atoms with E-state index in [2.05, 4.69) is 36.5 Å². The third-order valence-corrected chi connectivity index (χ3v) is 3.23. The molecule has 0 radical (unpaired) electrons. The summed E-state index contributed by atoms with van der Waals surface area (Å²) in [7, 11) is 0. The molecule has 1 unspecified atom stereocenters. The van der Waals surface area contributed by atoms with Gasteiger partial charge in [0.2, 0.25) is 5.91 Å². The molecule has 3 nitrogen and oxygen atoms in total. The molecule has 3 N–H and O–H groups in total. The molecule has 3 heteroatoms. The molecule has 0 aliphatic rings. The number of rotatable bonds is 6. The highest BCUT2D eigenvalue weighted by Crippen LogP contribution is 2.15. The Morgan fingerprint density at radius 3 is 2.37 bits per heavy atom. The van der Waals surface area contributed by atoms with Crippen molar-refractivity contribution < 1.29 is 4.79 Å². The number of benzene rings is 1. The number of carbonyl (C=O) groups is 1. The average Bonchev–Trinajstić information content (AvgIpc) is 2.35. The molecule has 0 spiro atoms. The van der Waals surface area contributed by atoms with Gasteiger partial charge in [0.15, 0.2) is 0 Å². The van der Waals surface area contributed by atoms with Crippen LogP contribution < -0.4 is 11.1 Å². The number of hydrogen-bond donors (Lipinski definition) is 2. The molecule has 0 saturated carbocycles. The van der Waals surface area contributed by atoms with Crippen molar-refractivity contribution in [1.29, 1.82) is 0 Å². The van der Waals surface area contributed by atoms with Crippen LogP contribution in [0.1, 0.15) is 57.7 Å². The van der Waals surface area contributed by atoms with Crippen LogP contribution in [0.5, 0.6) is 0 Å². The first-order valence-corrected chi connectivity index (χ1v) is 7.03. The second kappa shape index (κ2) is 6.71. The van der Waals surface area contributed by atoms with E-state index < -0.39 is 5.54 Å². The summed E-state index contributed by atoms with van der Waals surface area (Å²) >= 11 is 0. The van der Waals surface area contributed by atoms with Gasteiger partial charge in [-0.05, 0) is 44.7 Å².